The molecule has 0 spiro atoms. The van der Waals surface area contributed by atoms with E-state index in [0.29, 0.717) is 0 Å². The summed E-state index contributed by atoms with van der Waals surface area (Å²) >= 11 is 9.13. The van der Waals surface area contributed by atoms with E-state index in [1.54, 1.807) is 0 Å². The van der Waals surface area contributed by atoms with Crippen molar-refractivity contribution < 1.29 is 4.79 Å². The highest BCUT2D eigenvalue weighted by atomic mass is 79.9. The lowest BCUT2D eigenvalue weighted by Crippen LogP contribution is -1.89. The fourth-order valence-electron chi connectivity index (χ4n) is 1.58. The Kier molecular flexibility index (Phi) is 3.97. The molecular formula is C14H10BrClO. The number of benzene rings is 2. The van der Waals surface area contributed by atoms with Crippen molar-refractivity contribution in [3.63, 3.8) is 0 Å². The Hall–Kier alpha value is -1.12. The van der Waals surface area contributed by atoms with Crippen molar-refractivity contribution in [2.24, 2.45) is 0 Å². The van der Waals surface area contributed by atoms with Crippen LogP contribution in [0, 0.1) is 0 Å². The summed E-state index contributed by atoms with van der Waals surface area (Å²) in [6.45, 7) is 0. The third-order valence-corrected chi connectivity index (χ3v) is 3.52. The lowest BCUT2D eigenvalue weighted by Gasteiger charge is -2.05. The van der Waals surface area contributed by atoms with Gasteiger partial charge in [0.2, 0.25) is 0 Å². The van der Waals surface area contributed by atoms with Gasteiger partial charge in [0, 0.05) is 5.02 Å². The van der Waals surface area contributed by atoms with Crippen LogP contribution < -0.4 is 0 Å². The van der Waals surface area contributed by atoms with E-state index in [9.17, 15) is 4.79 Å². The van der Waals surface area contributed by atoms with E-state index in [4.69, 9.17) is 11.6 Å². The van der Waals surface area contributed by atoms with Crippen LogP contribution in [0.3, 0.4) is 0 Å². The Morgan fingerprint density at radius 3 is 1.88 bits per heavy atom. The van der Waals surface area contributed by atoms with E-state index in [1.807, 2.05) is 48.5 Å². The molecule has 0 aliphatic rings. The molecule has 2 rings (SSSR count). The van der Waals surface area contributed by atoms with Gasteiger partial charge in [-0.2, -0.15) is 0 Å². The van der Waals surface area contributed by atoms with Crippen LogP contribution in [0.5, 0.6) is 0 Å². The summed E-state index contributed by atoms with van der Waals surface area (Å²) in [6, 6.07) is 15.6. The molecule has 0 aliphatic carbocycles. The molecule has 0 saturated heterocycles. The normalized spacial score (nSPS) is 12.1. The van der Waals surface area contributed by atoms with Crippen molar-refractivity contribution in [2.75, 3.05) is 0 Å². The van der Waals surface area contributed by atoms with E-state index in [0.717, 1.165) is 28.0 Å². The number of hydrogen-bond acceptors (Lipinski definition) is 1. The van der Waals surface area contributed by atoms with Crippen molar-refractivity contribution >= 4 is 33.8 Å². The third-order valence-electron chi connectivity index (χ3n) is 2.53. The lowest BCUT2D eigenvalue weighted by atomic mass is 10.0. The summed E-state index contributed by atoms with van der Waals surface area (Å²) in [5.41, 5.74) is 3.17. The van der Waals surface area contributed by atoms with Gasteiger partial charge in [-0.05, 0) is 28.8 Å². The smallest absolute Gasteiger partial charge is 0.138 e. The zero-order valence-corrected chi connectivity index (χ0v) is 11.3. The molecule has 1 unspecified atom stereocenters. The molecule has 0 saturated carbocycles. The van der Waals surface area contributed by atoms with Gasteiger partial charge in [-0.25, -0.2) is 0 Å². The minimum absolute atomic E-state index is 0.234. The van der Waals surface area contributed by atoms with Crippen LogP contribution in [0.25, 0.3) is 11.1 Å². The zero-order chi connectivity index (χ0) is 12.3. The first-order valence-corrected chi connectivity index (χ1v) is 6.45. The van der Waals surface area contributed by atoms with Crippen LogP contribution in [0.1, 0.15) is 10.4 Å². The summed E-state index contributed by atoms with van der Waals surface area (Å²) in [6.07, 6.45) is 0.872. The molecule has 0 bridgehead atoms. The first kappa shape index (κ1) is 12.3. The van der Waals surface area contributed by atoms with Gasteiger partial charge in [0.05, 0.1) is 4.83 Å². The maximum absolute atomic E-state index is 10.6. The van der Waals surface area contributed by atoms with Gasteiger partial charge in [-0.15, -0.1) is 0 Å². The molecule has 0 aliphatic heterocycles. The fraction of sp³-hybridized carbons (Fsp3) is 0.0714. The van der Waals surface area contributed by atoms with Crippen molar-refractivity contribution in [2.45, 2.75) is 4.83 Å². The van der Waals surface area contributed by atoms with Crippen molar-refractivity contribution in [1.82, 2.24) is 0 Å². The molecule has 0 amide bonds. The molecule has 2 aromatic rings. The standard InChI is InChI=1S/C14H10BrClO/c15-14(9-17)12-3-1-10(2-4-12)11-5-7-13(16)8-6-11/h1-9,14H. The topological polar surface area (TPSA) is 17.1 Å². The Labute approximate surface area is 114 Å². The van der Waals surface area contributed by atoms with Gasteiger partial charge in [0.25, 0.3) is 0 Å². The number of halogens is 2. The minimum Gasteiger partial charge on any atom is -0.302 e. The predicted octanol–water partition coefficient (Wildman–Crippen LogP) is 4.64. The maximum Gasteiger partial charge on any atom is 0.138 e. The quantitative estimate of drug-likeness (QED) is 0.596. The number of carbonyl (C=O) groups is 1. The van der Waals surface area contributed by atoms with Crippen molar-refractivity contribution in [1.29, 1.82) is 0 Å². The molecular weight excluding hydrogens is 300 g/mol. The van der Waals surface area contributed by atoms with E-state index < -0.39 is 0 Å². The highest BCUT2D eigenvalue weighted by Gasteiger charge is 2.05. The van der Waals surface area contributed by atoms with Crippen LogP contribution in [-0.2, 0) is 4.79 Å². The van der Waals surface area contributed by atoms with E-state index in [2.05, 4.69) is 15.9 Å². The Balaban J connectivity index is 2.29. The summed E-state index contributed by atoms with van der Waals surface area (Å²) < 4.78 is 0. The molecule has 0 radical (unpaired) electrons. The summed E-state index contributed by atoms with van der Waals surface area (Å²) in [5, 5.41) is 0.729. The second-order valence-electron chi connectivity index (χ2n) is 3.67. The first-order valence-electron chi connectivity index (χ1n) is 5.16. The fourth-order valence-corrected chi connectivity index (χ4v) is 2.01. The molecule has 0 N–H and O–H groups in total. The van der Waals surface area contributed by atoms with Gasteiger partial charge in [-0.1, -0.05) is 63.9 Å². The summed E-state index contributed by atoms with van der Waals surface area (Å²) in [4.78, 5) is 10.4. The molecule has 3 heteroatoms. The SMILES string of the molecule is O=CC(Br)c1ccc(-c2ccc(Cl)cc2)cc1. The largest absolute Gasteiger partial charge is 0.302 e. The molecule has 1 nitrogen and oxygen atoms in total. The van der Waals surface area contributed by atoms with Gasteiger partial charge in [-0.3, -0.25) is 0 Å². The van der Waals surface area contributed by atoms with Gasteiger partial charge >= 0.3 is 0 Å². The molecule has 0 fully saturated rings. The second-order valence-corrected chi connectivity index (χ2v) is 5.09. The minimum atomic E-state index is -0.234. The lowest BCUT2D eigenvalue weighted by molar-refractivity contribution is -0.107. The maximum atomic E-state index is 10.6. The van der Waals surface area contributed by atoms with Crippen LogP contribution in [0.15, 0.2) is 48.5 Å². The van der Waals surface area contributed by atoms with Crippen LogP contribution in [0.4, 0.5) is 0 Å². The number of carbonyl (C=O) groups excluding carboxylic acids is 1. The van der Waals surface area contributed by atoms with Gasteiger partial charge in [0.15, 0.2) is 0 Å². The van der Waals surface area contributed by atoms with E-state index in [-0.39, 0.29) is 4.83 Å². The number of alkyl halides is 1. The van der Waals surface area contributed by atoms with E-state index in [1.165, 1.54) is 0 Å². The highest BCUT2D eigenvalue weighted by molar-refractivity contribution is 9.09. The average molecular weight is 310 g/mol. The molecule has 86 valence electrons. The Bertz CT molecular complexity index is 505. The Morgan fingerprint density at radius 1 is 0.941 bits per heavy atom. The van der Waals surface area contributed by atoms with Crippen LogP contribution in [0.2, 0.25) is 5.02 Å². The van der Waals surface area contributed by atoms with Crippen molar-refractivity contribution in [3.8, 4) is 11.1 Å². The molecule has 2 aromatic carbocycles. The number of hydrogen-bond donors (Lipinski definition) is 0. The van der Waals surface area contributed by atoms with Gasteiger partial charge < -0.3 is 4.79 Å². The van der Waals surface area contributed by atoms with Crippen LogP contribution >= 0.6 is 27.5 Å². The molecule has 1 atom stereocenters. The highest BCUT2D eigenvalue weighted by Crippen LogP contribution is 2.25. The van der Waals surface area contributed by atoms with Gasteiger partial charge in [0.1, 0.15) is 6.29 Å². The predicted molar refractivity (Wildman–Crippen MR) is 74.6 cm³/mol. The molecule has 17 heavy (non-hydrogen) atoms. The van der Waals surface area contributed by atoms with E-state index >= 15 is 0 Å². The molecule has 0 aromatic heterocycles. The Morgan fingerprint density at radius 2 is 1.41 bits per heavy atom. The summed E-state index contributed by atoms with van der Waals surface area (Å²) in [5.74, 6) is 0. The van der Waals surface area contributed by atoms with Crippen molar-refractivity contribution in [3.05, 3.63) is 59.1 Å². The summed E-state index contributed by atoms with van der Waals surface area (Å²) in [7, 11) is 0. The monoisotopic (exact) mass is 308 g/mol. The average Bonchev–Trinajstić information content (AvgIpc) is 2.39. The molecule has 0 heterocycles. The van der Waals surface area contributed by atoms with Crippen LogP contribution in [-0.4, -0.2) is 6.29 Å². The number of aldehydes is 1. The zero-order valence-electron chi connectivity index (χ0n) is 8.94. The second kappa shape index (κ2) is 5.48. The first-order chi connectivity index (χ1) is 8.20. The number of rotatable bonds is 3. The third kappa shape index (κ3) is 2.96.